The Morgan fingerprint density at radius 2 is 1.43 bits per heavy atom. The minimum atomic E-state index is 0.622. The summed E-state index contributed by atoms with van der Waals surface area (Å²) in [5, 5.41) is 7.53. The van der Waals surface area contributed by atoms with Crippen LogP contribution in [-0.4, -0.2) is 73.2 Å². The number of hydrogen-bond donors (Lipinski definition) is 2. The van der Waals surface area contributed by atoms with Gasteiger partial charge >= 0.3 is 0 Å². The van der Waals surface area contributed by atoms with Crippen molar-refractivity contribution in [3.05, 3.63) is 0 Å². The Morgan fingerprint density at radius 1 is 0.826 bits per heavy atom. The van der Waals surface area contributed by atoms with Crippen LogP contribution < -0.4 is 10.6 Å². The third-order valence-corrected chi connectivity index (χ3v) is 5.81. The lowest BCUT2D eigenvalue weighted by Crippen LogP contribution is -2.53. The monoisotopic (exact) mass is 324 g/mol. The van der Waals surface area contributed by atoms with Gasteiger partial charge in [0.05, 0.1) is 0 Å². The molecule has 0 amide bonds. The fourth-order valence-electron chi connectivity index (χ4n) is 4.32. The van der Waals surface area contributed by atoms with E-state index in [0.717, 1.165) is 19.1 Å². The van der Waals surface area contributed by atoms with Crippen LogP contribution in [0.3, 0.4) is 0 Å². The molecule has 136 valence electrons. The van der Waals surface area contributed by atoms with Crippen molar-refractivity contribution in [2.75, 3.05) is 39.3 Å². The minimum absolute atomic E-state index is 0.622. The third kappa shape index (κ3) is 6.33. The SMILES string of the molecule is CCCCC1CC(C)NCCN2CCN1CCNC(C)CC2C. The van der Waals surface area contributed by atoms with Gasteiger partial charge in [-0.2, -0.15) is 0 Å². The summed E-state index contributed by atoms with van der Waals surface area (Å²) in [6.07, 6.45) is 6.58. The highest BCUT2D eigenvalue weighted by Gasteiger charge is 2.25. The molecule has 2 aliphatic heterocycles. The van der Waals surface area contributed by atoms with Crippen LogP contribution in [0.1, 0.15) is 59.8 Å². The van der Waals surface area contributed by atoms with Crippen molar-refractivity contribution in [2.24, 2.45) is 0 Å². The van der Waals surface area contributed by atoms with Gasteiger partial charge in [-0.05, 0) is 40.0 Å². The molecule has 0 aromatic carbocycles. The largest absolute Gasteiger partial charge is 0.313 e. The van der Waals surface area contributed by atoms with E-state index in [4.69, 9.17) is 0 Å². The van der Waals surface area contributed by atoms with E-state index in [1.165, 1.54) is 58.3 Å². The highest BCUT2D eigenvalue weighted by atomic mass is 15.2. The lowest BCUT2D eigenvalue weighted by Gasteiger charge is -2.40. The lowest BCUT2D eigenvalue weighted by atomic mass is 9.99. The van der Waals surface area contributed by atoms with E-state index >= 15 is 0 Å². The van der Waals surface area contributed by atoms with Crippen LogP contribution in [0.4, 0.5) is 0 Å². The average molecular weight is 325 g/mol. The number of hydrogen-bond acceptors (Lipinski definition) is 4. The molecule has 2 fully saturated rings. The number of rotatable bonds is 3. The third-order valence-electron chi connectivity index (χ3n) is 5.81. The fraction of sp³-hybridized carbons (Fsp3) is 1.00. The predicted molar refractivity (Wildman–Crippen MR) is 100 cm³/mol. The Morgan fingerprint density at radius 3 is 2.13 bits per heavy atom. The van der Waals surface area contributed by atoms with E-state index in [2.05, 4.69) is 48.1 Å². The fourth-order valence-corrected chi connectivity index (χ4v) is 4.32. The van der Waals surface area contributed by atoms with E-state index in [1.807, 2.05) is 0 Å². The standard InChI is InChI=1S/C19H40N4/c1-5-6-7-19-15-17(3)21-8-10-22-12-13-23(19)11-9-20-16(2)14-18(22)4/h16-21H,5-15H2,1-4H3. The van der Waals surface area contributed by atoms with E-state index in [0.29, 0.717) is 18.1 Å². The number of unbranched alkanes of at least 4 members (excludes halogenated alkanes) is 1. The second-order valence-electron chi connectivity index (χ2n) is 7.90. The molecule has 2 saturated heterocycles. The van der Waals surface area contributed by atoms with Crippen molar-refractivity contribution in [2.45, 2.75) is 84.0 Å². The first-order valence-corrected chi connectivity index (χ1v) is 10.0. The Balaban J connectivity index is 2.11. The van der Waals surface area contributed by atoms with Crippen LogP contribution in [0.2, 0.25) is 0 Å². The van der Waals surface area contributed by atoms with Gasteiger partial charge in [0.15, 0.2) is 0 Å². The second kappa shape index (κ2) is 9.97. The first kappa shape index (κ1) is 19.2. The van der Waals surface area contributed by atoms with E-state index in [9.17, 15) is 0 Å². The highest BCUT2D eigenvalue weighted by molar-refractivity contribution is 4.84. The first-order valence-electron chi connectivity index (χ1n) is 10.0. The summed E-state index contributed by atoms with van der Waals surface area (Å²) in [6, 6.07) is 2.66. The minimum Gasteiger partial charge on any atom is -0.313 e. The van der Waals surface area contributed by atoms with Crippen molar-refractivity contribution < 1.29 is 0 Å². The molecule has 2 rings (SSSR count). The summed E-state index contributed by atoms with van der Waals surface area (Å²) in [5.41, 5.74) is 0. The van der Waals surface area contributed by atoms with Crippen LogP contribution in [0.15, 0.2) is 0 Å². The molecule has 2 aliphatic rings. The maximum absolute atomic E-state index is 3.78. The van der Waals surface area contributed by atoms with Crippen LogP contribution >= 0.6 is 0 Å². The molecule has 4 nitrogen and oxygen atoms in total. The highest BCUT2D eigenvalue weighted by Crippen LogP contribution is 2.17. The van der Waals surface area contributed by atoms with Gasteiger partial charge in [0.2, 0.25) is 0 Å². The summed E-state index contributed by atoms with van der Waals surface area (Å²) >= 11 is 0. The van der Waals surface area contributed by atoms with Crippen molar-refractivity contribution in [3.8, 4) is 0 Å². The molecule has 2 N–H and O–H groups in total. The number of fused-ring (bicyclic) bond motifs is 3. The summed E-state index contributed by atoms with van der Waals surface area (Å²) < 4.78 is 0. The van der Waals surface area contributed by atoms with Gasteiger partial charge < -0.3 is 10.6 Å². The average Bonchev–Trinajstić information content (AvgIpc) is 2.52. The molecule has 2 heterocycles. The van der Waals surface area contributed by atoms with E-state index in [-0.39, 0.29) is 0 Å². The maximum Gasteiger partial charge on any atom is 0.0113 e. The molecule has 0 aromatic heterocycles. The molecule has 6 unspecified atom stereocenters. The molecule has 0 saturated carbocycles. The van der Waals surface area contributed by atoms with Crippen molar-refractivity contribution in [1.29, 1.82) is 0 Å². The zero-order chi connectivity index (χ0) is 16.7. The molecule has 6 atom stereocenters. The van der Waals surface area contributed by atoms with Crippen LogP contribution in [-0.2, 0) is 0 Å². The Labute approximate surface area is 144 Å². The second-order valence-corrected chi connectivity index (χ2v) is 7.90. The van der Waals surface area contributed by atoms with E-state index < -0.39 is 0 Å². The molecule has 0 aromatic rings. The van der Waals surface area contributed by atoms with Crippen LogP contribution in [0.25, 0.3) is 0 Å². The van der Waals surface area contributed by atoms with Gasteiger partial charge in [-0.1, -0.05) is 19.8 Å². The van der Waals surface area contributed by atoms with Gasteiger partial charge in [0.1, 0.15) is 0 Å². The summed E-state index contributed by atoms with van der Waals surface area (Å²) in [4.78, 5) is 5.49. The van der Waals surface area contributed by atoms with Crippen LogP contribution in [0, 0.1) is 0 Å². The molecule has 4 heteroatoms. The van der Waals surface area contributed by atoms with Crippen LogP contribution in [0.5, 0.6) is 0 Å². The summed E-state index contributed by atoms with van der Waals surface area (Å²) in [5.74, 6) is 0. The Kier molecular flexibility index (Phi) is 8.31. The Bertz CT molecular complexity index is 322. The van der Waals surface area contributed by atoms with Crippen molar-refractivity contribution in [3.63, 3.8) is 0 Å². The molecular formula is C19H40N4. The van der Waals surface area contributed by atoms with Gasteiger partial charge in [0.25, 0.3) is 0 Å². The zero-order valence-corrected chi connectivity index (χ0v) is 16.0. The molecule has 0 aliphatic carbocycles. The summed E-state index contributed by atoms with van der Waals surface area (Å²) in [6.45, 7) is 16.6. The topological polar surface area (TPSA) is 30.5 Å². The lowest BCUT2D eigenvalue weighted by molar-refractivity contribution is 0.0991. The van der Waals surface area contributed by atoms with Crippen molar-refractivity contribution in [1.82, 2.24) is 20.4 Å². The number of nitrogens with zero attached hydrogens (tertiary/aromatic N) is 2. The van der Waals surface area contributed by atoms with Gasteiger partial charge in [-0.25, -0.2) is 0 Å². The maximum atomic E-state index is 3.78. The summed E-state index contributed by atoms with van der Waals surface area (Å²) in [7, 11) is 0. The Hall–Kier alpha value is -0.160. The zero-order valence-electron chi connectivity index (χ0n) is 16.0. The first-order chi connectivity index (χ1) is 11.1. The molecule has 0 spiro atoms. The normalized spacial score (nSPS) is 40.7. The van der Waals surface area contributed by atoms with Gasteiger partial charge in [-0.3, -0.25) is 9.80 Å². The van der Waals surface area contributed by atoms with Gasteiger partial charge in [-0.15, -0.1) is 0 Å². The molecule has 2 bridgehead atoms. The van der Waals surface area contributed by atoms with E-state index in [1.54, 1.807) is 0 Å². The predicted octanol–water partition coefficient (Wildman–Crippen LogP) is 2.30. The smallest absolute Gasteiger partial charge is 0.0113 e. The quantitative estimate of drug-likeness (QED) is 0.834. The van der Waals surface area contributed by atoms with Gasteiger partial charge in [0, 0.05) is 63.4 Å². The molecule has 0 radical (unpaired) electrons. The molecular weight excluding hydrogens is 284 g/mol. The molecule has 23 heavy (non-hydrogen) atoms. The number of nitrogens with one attached hydrogen (secondary N) is 2. The van der Waals surface area contributed by atoms with Crippen molar-refractivity contribution >= 4 is 0 Å².